The summed E-state index contributed by atoms with van der Waals surface area (Å²) in [7, 11) is 2.16. The van der Waals surface area contributed by atoms with Crippen molar-refractivity contribution >= 4 is 5.97 Å². The van der Waals surface area contributed by atoms with Crippen molar-refractivity contribution < 1.29 is 19.1 Å². The molecule has 1 unspecified atom stereocenters. The first-order valence-corrected chi connectivity index (χ1v) is 10.1. The molecule has 2 aliphatic rings. The molecule has 148 valence electrons. The Hall–Kier alpha value is -2.21. The molecule has 0 saturated carbocycles. The minimum Gasteiger partial charge on any atom is -0.453 e. The third-order valence-electron chi connectivity index (χ3n) is 6.38. The highest BCUT2D eigenvalue weighted by molar-refractivity contribution is 5.85. The lowest BCUT2D eigenvalue weighted by Gasteiger charge is -2.41. The van der Waals surface area contributed by atoms with Crippen LogP contribution in [0.3, 0.4) is 0 Å². The van der Waals surface area contributed by atoms with Crippen LogP contribution in [0.25, 0.3) is 0 Å². The van der Waals surface area contributed by atoms with E-state index in [4.69, 9.17) is 4.74 Å². The number of carbonyl (C=O) groups excluding carboxylic acids is 1. The van der Waals surface area contributed by atoms with Crippen molar-refractivity contribution in [1.82, 2.24) is 4.90 Å². The predicted octanol–water partition coefficient (Wildman–Crippen LogP) is 2.00. The highest BCUT2D eigenvalue weighted by Gasteiger charge is 2.46. The number of esters is 1. The van der Waals surface area contributed by atoms with E-state index < -0.39 is 11.6 Å². The van der Waals surface area contributed by atoms with Gasteiger partial charge in [0.25, 0.3) is 0 Å². The lowest BCUT2D eigenvalue weighted by atomic mass is 9.86. The summed E-state index contributed by atoms with van der Waals surface area (Å²) in [4.78, 5) is 15.6. The molecule has 5 nitrogen and oxygen atoms in total. The number of aliphatic hydroxyl groups is 1. The monoisotopic (exact) mass is 381 g/mol. The van der Waals surface area contributed by atoms with Gasteiger partial charge >= 0.3 is 5.97 Å². The van der Waals surface area contributed by atoms with Gasteiger partial charge in [0.15, 0.2) is 6.10 Å². The van der Waals surface area contributed by atoms with Crippen molar-refractivity contribution in [1.29, 1.82) is 0 Å². The molecule has 2 saturated heterocycles. The second-order valence-corrected chi connectivity index (χ2v) is 8.26. The molecule has 0 aromatic heterocycles. The zero-order valence-corrected chi connectivity index (χ0v) is 16.5. The number of likely N-dealkylation sites (N-methyl/N-ethyl adjacent to an activating group) is 1. The smallest absolute Gasteiger partial charge is 0.348 e. The molecule has 1 N–H and O–H groups in total. The van der Waals surface area contributed by atoms with Gasteiger partial charge in [-0.15, -0.1) is 0 Å². The standard InChI is InChI=1S/C23H29N2O3/c1-24-13-16-25(17-14-24)15-12-21(18-25)28-22(26)23(27,19-8-4-2-5-9-19)20-10-6-3-7-11-20/h2-11,21,27H,12-18H2,1H3/q+1. The fourth-order valence-electron chi connectivity index (χ4n) is 4.52. The second kappa shape index (κ2) is 7.66. The number of ether oxygens (including phenoxy) is 1. The van der Waals surface area contributed by atoms with Crippen molar-refractivity contribution in [2.45, 2.75) is 18.1 Å². The molecule has 2 fully saturated rings. The van der Waals surface area contributed by atoms with E-state index in [-0.39, 0.29) is 6.10 Å². The van der Waals surface area contributed by atoms with E-state index >= 15 is 0 Å². The zero-order valence-electron chi connectivity index (χ0n) is 16.5. The fourth-order valence-corrected chi connectivity index (χ4v) is 4.52. The lowest BCUT2D eigenvalue weighted by Crippen LogP contribution is -2.58. The van der Waals surface area contributed by atoms with Gasteiger partial charge in [0.1, 0.15) is 6.54 Å². The number of benzene rings is 2. The van der Waals surface area contributed by atoms with Crippen LogP contribution >= 0.6 is 0 Å². The van der Waals surface area contributed by atoms with Crippen LogP contribution in [0.4, 0.5) is 0 Å². The average Bonchev–Trinajstić information content (AvgIpc) is 3.13. The molecule has 2 aromatic rings. The minimum atomic E-state index is -1.79. The molecule has 2 aliphatic heterocycles. The Kier molecular flexibility index (Phi) is 5.23. The van der Waals surface area contributed by atoms with Crippen LogP contribution in [-0.2, 0) is 15.1 Å². The Labute approximate surface area is 166 Å². The summed E-state index contributed by atoms with van der Waals surface area (Å²) in [5, 5.41) is 11.5. The van der Waals surface area contributed by atoms with Crippen LogP contribution < -0.4 is 0 Å². The van der Waals surface area contributed by atoms with Crippen molar-refractivity contribution in [3.63, 3.8) is 0 Å². The molecule has 2 aromatic carbocycles. The Bertz CT molecular complexity index is 762. The van der Waals surface area contributed by atoms with E-state index in [1.54, 1.807) is 24.3 Å². The molecule has 0 amide bonds. The number of piperazine rings is 1. The summed E-state index contributed by atoms with van der Waals surface area (Å²) in [6.07, 6.45) is 0.713. The maximum atomic E-state index is 13.3. The number of carbonyl (C=O) groups is 1. The first-order valence-electron chi connectivity index (χ1n) is 10.1. The van der Waals surface area contributed by atoms with Gasteiger partial charge in [-0.25, -0.2) is 4.79 Å². The van der Waals surface area contributed by atoms with Crippen molar-refractivity contribution in [2.24, 2.45) is 0 Å². The van der Waals surface area contributed by atoms with Gasteiger partial charge in [-0.3, -0.25) is 4.90 Å². The number of rotatable bonds is 4. The summed E-state index contributed by atoms with van der Waals surface area (Å²) in [6, 6.07) is 18.2. The van der Waals surface area contributed by atoms with E-state index in [1.807, 2.05) is 36.4 Å². The summed E-state index contributed by atoms with van der Waals surface area (Å²) in [5.74, 6) is -0.580. The molecule has 1 spiro atoms. The van der Waals surface area contributed by atoms with Crippen molar-refractivity contribution in [3.05, 3.63) is 71.8 Å². The quantitative estimate of drug-likeness (QED) is 0.650. The van der Waals surface area contributed by atoms with Crippen LogP contribution in [0.1, 0.15) is 17.5 Å². The normalized spacial score (nSPS) is 22.3. The second-order valence-electron chi connectivity index (χ2n) is 8.26. The van der Waals surface area contributed by atoms with Gasteiger partial charge in [0.05, 0.1) is 19.6 Å². The third kappa shape index (κ3) is 3.58. The lowest BCUT2D eigenvalue weighted by molar-refractivity contribution is -0.921. The van der Waals surface area contributed by atoms with Crippen molar-refractivity contribution in [2.75, 3.05) is 46.3 Å². The van der Waals surface area contributed by atoms with Gasteiger partial charge in [-0.05, 0) is 18.2 Å². The largest absolute Gasteiger partial charge is 0.453 e. The topological polar surface area (TPSA) is 49.8 Å². The molecule has 1 atom stereocenters. The van der Waals surface area contributed by atoms with E-state index in [0.717, 1.165) is 50.2 Å². The average molecular weight is 381 g/mol. The zero-order chi connectivity index (χ0) is 19.6. The summed E-state index contributed by atoms with van der Waals surface area (Å²) in [5.41, 5.74) is -0.724. The summed E-state index contributed by atoms with van der Waals surface area (Å²) >= 11 is 0. The van der Waals surface area contributed by atoms with Gasteiger partial charge in [0, 0.05) is 19.5 Å². The molecule has 28 heavy (non-hydrogen) atoms. The maximum absolute atomic E-state index is 13.3. The summed E-state index contributed by atoms with van der Waals surface area (Å²) in [6.45, 7) is 6.26. The predicted molar refractivity (Wildman–Crippen MR) is 108 cm³/mol. The number of hydrogen-bond donors (Lipinski definition) is 1. The van der Waals surface area contributed by atoms with Crippen LogP contribution in [0.5, 0.6) is 0 Å². The van der Waals surface area contributed by atoms with E-state index in [0.29, 0.717) is 11.1 Å². The van der Waals surface area contributed by atoms with Gasteiger partial charge < -0.3 is 14.3 Å². The molecule has 0 radical (unpaired) electrons. The fraction of sp³-hybridized carbons (Fsp3) is 0.435. The van der Waals surface area contributed by atoms with E-state index in [1.165, 1.54) is 0 Å². The van der Waals surface area contributed by atoms with Crippen LogP contribution in [0.15, 0.2) is 60.7 Å². The minimum absolute atomic E-state index is 0.144. The first-order chi connectivity index (χ1) is 13.5. The van der Waals surface area contributed by atoms with Gasteiger partial charge in [0.2, 0.25) is 5.60 Å². The molecular formula is C23H29N2O3+. The third-order valence-corrected chi connectivity index (χ3v) is 6.38. The van der Waals surface area contributed by atoms with E-state index in [9.17, 15) is 9.90 Å². The molecule has 4 rings (SSSR count). The molecule has 0 bridgehead atoms. The molecular weight excluding hydrogens is 352 g/mol. The highest BCUT2D eigenvalue weighted by atomic mass is 16.6. The van der Waals surface area contributed by atoms with E-state index in [2.05, 4.69) is 11.9 Å². The Morgan fingerprint density at radius 3 is 2.07 bits per heavy atom. The molecule has 0 aliphatic carbocycles. The number of quaternary nitrogens is 1. The van der Waals surface area contributed by atoms with Gasteiger partial charge in [-0.1, -0.05) is 60.7 Å². The highest BCUT2D eigenvalue weighted by Crippen LogP contribution is 2.33. The Balaban J connectivity index is 1.54. The molecule has 2 heterocycles. The number of hydrogen-bond acceptors (Lipinski definition) is 4. The van der Waals surface area contributed by atoms with Crippen LogP contribution in [-0.4, -0.2) is 72.9 Å². The Morgan fingerprint density at radius 2 is 1.54 bits per heavy atom. The summed E-state index contributed by atoms with van der Waals surface area (Å²) < 4.78 is 6.95. The van der Waals surface area contributed by atoms with Crippen LogP contribution in [0.2, 0.25) is 0 Å². The molecule has 5 heteroatoms. The maximum Gasteiger partial charge on any atom is 0.348 e. The SMILES string of the molecule is CN1CC[N+]2(CCC(OC(=O)C(O)(c3ccccc3)c3ccccc3)C2)CC1. The van der Waals surface area contributed by atoms with Crippen molar-refractivity contribution in [3.8, 4) is 0 Å². The van der Waals surface area contributed by atoms with Crippen LogP contribution in [0, 0.1) is 0 Å². The van der Waals surface area contributed by atoms with Gasteiger partial charge in [-0.2, -0.15) is 0 Å². The first kappa shape index (κ1) is 19.1. The Morgan fingerprint density at radius 1 is 1.00 bits per heavy atom. The number of nitrogens with zero attached hydrogens (tertiary/aromatic N) is 2.